The second-order valence-electron chi connectivity index (χ2n) is 4.60. The van der Waals surface area contributed by atoms with Crippen LogP contribution in [0.2, 0.25) is 0 Å². The fraction of sp³-hybridized carbons (Fsp3) is 0.500. The second kappa shape index (κ2) is 6.74. The van der Waals surface area contributed by atoms with Gasteiger partial charge in [-0.3, -0.25) is 4.79 Å². The van der Waals surface area contributed by atoms with Crippen molar-refractivity contribution in [3.63, 3.8) is 0 Å². The van der Waals surface area contributed by atoms with Gasteiger partial charge in [0, 0.05) is 12.6 Å². The highest BCUT2D eigenvalue weighted by atomic mass is 32.2. The summed E-state index contributed by atoms with van der Waals surface area (Å²) in [6, 6.07) is 6.47. The summed E-state index contributed by atoms with van der Waals surface area (Å²) in [6.45, 7) is 5.81. The Bertz CT molecular complexity index is 568. The summed E-state index contributed by atoms with van der Waals surface area (Å²) in [5.41, 5.74) is 0.575. The van der Waals surface area contributed by atoms with E-state index in [4.69, 9.17) is 5.11 Å². The number of nitrogens with zero attached hydrogens (tertiary/aromatic N) is 1. The van der Waals surface area contributed by atoms with Crippen LogP contribution >= 0.6 is 0 Å². The number of carbonyl (C=O) groups is 1. The first-order valence-corrected chi connectivity index (χ1v) is 8.28. The molecule has 0 radical (unpaired) electrons. The number of aliphatic carboxylic acids is 1. The molecule has 0 saturated carbocycles. The van der Waals surface area contributed by atoms with E-state index in [0.717, 1.165) is 0 Å². The topological polar surface area (TPSA) is 74.7 Å². The number of sulfone groups is 1. The number of anilines is 1. The number of carboxylic acids is 1. The number of rotatable bonds is 7. The molecule has 1 rings (SSSR count). The fourth-order valence-corrected chi connectivity index (χ4v) is 3.30. The van der Waals surface area contributed by atoms with Gasteiger partial charge in [-0.05, 0) is 26.0 Å². The molecule has 6 heteroatoms. The Balaban J connectivity index is 3.26. The Morgan fingerprint density at radius 3 is 2.40 bits per heavy atom. The Hall–Kier alpha value is -1.56. The third-order valence-electron chi connectivity index (χ3n) is 3.23. The van der Waals surface area contributed by atoms with Crippen LogP contribution in [0.4, 0.5) is 5.69 Å². The molecule has 1 aromatic rings. The number of hydrogen-bond donors (Lipinski definition) is 1. The van der Waals surface area contributed by atoms with Crippen molar-refractivity contribution in [2.45, 2.75) is 38.1 Å². The average molecular weight is 299 g/mol. The highest BCUT2D eigenvalue weighted by Gasteiger charge is 2.23. The summed E-state index contributed by atoms with van der Waals surface area (Å²) in [5, 5.41) is 8.91. The van der Waals surface area contributed by atoms with Gasteiger partial charge in [-0.1, -0.05) is 19.1 Å². The lowest BCUT2D eigenvalue weighted by molar-refractivity contribution is -0.137. The van der Waals surface area contributed by atoms with Gasteiger partial charge in [-0.2, -0.15) is 0 Å². The Labute approximate surface area is 120 Å². The first kappa shape index (κ1) is 16.5. The number of benzene rings is 1. The van der Waals surface area contributed by atoms with Gasteiger partial charge in [0.05, 0.1) is 22.8 Å². The van der Waals surface area contributed by atoms with Crippen molar-refractivity contribution in [3.05, 3.63) is 24.3 Å². The van der Waals surface area contributed by atoms with Crippen LogP contribution < -0.4 is 4.90 Å². The van der Waals surface area contributed by atoms with E-state index < -0.39 is 15.8 Å². The predicted molar refractivity (Wildman–Crippen MR) is 78.9 cm³/mol. The smallest absolute Gasteiger partial charge is 0.305 e. The minimum Gasteiger partial charge on any atom is -0.481 e. The summed E-state index contributed by atoms with van der Waals surface area (Å²) in [6.07, 6.45) is -0.0334. The van der Waals surface area contributed by atoms with Crippen molar-refractivity contribution in [3.8, 4) is 0 Å². The maximum atomic E-state index is 12.1. The first-order chi connectivity index (χ1) is 9.33. The molecular weight excluding hydrogens is 278 g/mol. The molecule has 0 amide bonds. The molecule has 0 spiro atoms. The van der Waals surface area contributed by atoms with Gasteiger partial charge >= 0.3 is 5.97 Å². The van der Waals surface area contributed by atoms with E-state index in [2.05, 4.69) is 0 Å². The second-order valence-corrected chi connectivity index (χ2v) is 6.85. The number of para-hydroxylation sites is 1. The minimum atomic E-state index is -3.34. The third kappa shape index (κ3) is 3.72. The molecule has 5 nitrogen and oxygen atoms in total. The third-order valence-corrected chi connectivity index (χ3v) is 5.01. The average Bonchev–Trinajstić information content (AvgIpc) is 2.39. The van der Waals surface area contributed by atoms with Gasteiger partial charge in [-0.15, -0.1) is 0 Å². The zero-order chi connectivity index (χ0) is 15.3. The molecule has 20 heavy (non-hydrogen) atoms. The molecule has 1 aromatic carbocycles. The minimum absolute atomic E-state index is 0.0227. The van der Waals surface area contributed by atoms with Crippen LogP contribution in [0.5, 0.6) is 0 Å². The van der Waals surface area contributed by atoms with Gasteiger partial charge in [0.15, 0.2) is 9.84 Å². The number of hydrogen-bond acceptors (Lipinski definition) is 4. The summed E-state index contributed by atoms with van der Waals surface area (Å²) in [4.78, 5) is 12.9. The van der Waals surface area contributed by atoms with Crippen LogP contribution in [0.1, 0.15) is 27.2 Å². The van der Waals surface area contributed by atoms with Crippen molar-refractivity contribution in [2.24, 2.45) is 0 Å². The van der Waals surface area contributed by atoms with Crippen molar-refractivity contribution < 1.29 is 18.3 Å². The molecule has 112 valence electrons. The molecule has 0 bridgehead atoms. The van der Waals surface area contributed by atoms with E-state index >= 15 is 0 Å². The molecule has 0 saturated heterocycles. The van der Waals surface area contributed by atoms with Crippen LogP contribution in [-0.2, 0) is 14.6 Å². The van der Waals surface area contributed by atoms with E-state index in [1.807, 2.05) is 11.8 Å². The van der Waals surface area contributed by atoms with Gasteiger partial charge < -0.3 is 10.0 Å². The molecule has 0 aromatic heterocycles. The summed E-state index contributed by atoms with van der Waals surface area (Å²) in [7, 11) is -3.34. The van der Waals surface area contributed by atoms with E-state index in [9.17, 15) is 13.2 Å². The van der Waals surface area contributed by atoms with Gasteiger partial charge in [0.25, 0.3) is 0 Å². The fourth-order valence-electron chi connectivity index (χ4n) is 2.20. The Kier molecular flexibility index (Phi) is 5.56. The van der Waals surface area contributed by atoms with E-state index in [1.165, 1.54) is 0 Å². The van der Waals surface area contributed by atoms with Crippen LogP contribution in [0, 0.1) is 0 Å². The zero-order valence-electron chi connectivity index (χ0n) is 12.0. The van der Waals surface area contributed by atoms with Crippen LogP contribution in [0.15, 0.2) is 29.2 Å². The first-order valence-electron chi connectivity index (χ1n) is 6.63. The molecule has 0 aliphatic heterocycles. The monoisotopic (exact) mass is 299 g/mol. The lowest BCUT2D eigenvalue weighted by atomic mass is 10.1. The molecule has 0 heterocycles. The van der Waals surface area contributed by atoms with Crippen molar-refractivity contribution in [1.82, 2.24) is 0 Å². The molecule has 0 fully saturated rings. The zero-order valence-corrected chi connectivity index (χ0v) is 12.9. The standard InChI is InChI=1S/C14H21NO4S/c1-4-15(11(3)10-14(16)17)12-8-6-7-9-13(12)20(18,19)5-2/h6-9,11H,4-5,10H2,1-3H3,(H,16,17). The van der Waals surface area contributed by atoms with E-state index in [0.29, 0.717) is 12.2 Å². The maximum absolute atomic E-state index is 12.1. The van der Waals surface area contributed by atoms with Crippen molar-refractivity contribution >= 4 is 21.5 Å². The Morgan fingerprint density at radius 2 is 1.90 bits per heavy atom. The summed E-state index contributed by atoms with van der Waals surface area (Å²) < 4.78 is 24.3. The van der Waals surface area contributed by atoms with Crippen LogP contribution in [0.3, 0.4) is 0 Å². The summed E-state index contributed by atoms with van der Waals surface area (Å²) >= 11 is 0. The van der Waals surface area contributed by atoms with Gasteiger partial charge in [0.1, 0.15) is 0 Å². The molecule has 0 aliphatic carbocycles. The summed E-state index contributed by atoms with van der Waals surface area (Å²) in [5.74, 6) is -0.874. The number of carboxylic acid groups (broad SMARTS) is 1. The largest absolute Gasteiger partial charge is 0.481 e. The van der Waals surface area contributed by atoms with Crippen LogP contribution in [-0.4, -0.2) is 37.8 Å². The highest BCUT2D eigenvalue weighted by Crippen LogP contribution is 2.28. The maximum Gasteiger partial charge on any atom is 0.305 e. The van der Waals surface area contributed by atoms with Crippen LogP contribution in [0.25, 0.3) is 0 Å². The Morgan fingerprint density at radius 1 is 1.30 bits per heavy atom. The van der Waals surface area contributed by atoms with E-state index in [-0.39, 0.29) is 23.1 Å². The van der Waals surface area contributed by atoms with Gasteiger partial charge in [-0.25, -0.2) is 8.42 Å². The van der Waals surface area contributed by atoms with Crippen molar-refractivity contribution in [1.29, 1.82) is 0 Å². The molecule has 1 N–H and O–H groups in total. The predicted octanol–water partition coefficient (Wildman–Crippen LogP) is 2.17. The molecule has 0 aliphatic rings. The molecule has 1 atom stereocenters. The SMILES string of the molecule is CCN(c1ccccc1S(=O)(=O)CC)C(C)CC(=O)O. The normalized spacial score (nSPS) is 12.9. The molecule has 1 unspecified atom stereocenters. The molecular formula is C14H21NO4S. The van der Waals surface area contributed by atoms with Crippen molar-refractivity contribution in [2.75, 3.05) is 17.2 Å². The van der Waals surface area contributed by atoms with E-state index in [1.54, 1.807) is 38.1 Å². The highest BCUT2D eigenvalue weighted by molar-refractivity contribution is 7.91. The van der Waals surface area contributed by atoms with Gasteiger partial charge in [0.2, 0.25) is 0 Å². The lowest BCUT2D eigenvalue weighted by Gasteiger charge is -2.30. The lowest BCUT2D eigenvalue weighted by Crippen LogP contribution is -2.35. The quantitative estimate of drug-likeness (QED) is 0.835.